The number of hydrogen-bond donors (Lipinski definition) is 1. The fraction of sp³-hybridized carbons (Fsp3) is 0.615. The van der Waals surface area contributed by atoms with E-state index in [0.717, 1.165) is 0 Å². The molecule has 1 aromatic heterocycles. The highest BCUT2D eigenvalue weighted by molar-refractivity contribution is 7.89. The first-order chi connectivity index (χ1) is 9.46. The van der Waals surface area contributed by atoms with E-state index < -0.39 is 10.0 Å². The van der Waals surface area contributed by atoms with Gasteiger partial charge in [0.1, 0.15) is 4.90 Å². The molecule has 0 aliphatic carbocycles. The van der Waals surface area contributed by atoms with E-state index in [4.69, 9.17) is 4.74 Å². The zero-order chi connectivity index (χ0) is 14.8. The Morgan fingerprint density at radius 2 is 2.25 bits per heavy atom. The number of anilines is 1. The Hall–Kier alpha value is -1.18. The second kappa shape index (κ2) is 6.07. The van der Waals surface area contributed by atoms with Crippen molar-refractivity contribution in [3.63, 3.8) is 0 Å². The van der Waals surface area contributed by atoms with Crippen molar-refractivity contribution in [1.29, 1.82) is 0 Å². The summed E-state index contributed by atoms with van der Waals surface area (Å²) in [5.74, 6) is 0. The van der Waals surface area contributed by atoms with Gasteiger partial charge in [-0.15, -0.1) is 0 Å². The van der Waals surface area contributed by atoms with Crippen LogP contribution in [0.15, 0.2) is 23.4 Å². The van der Waals surface area contributed by atoms with Gasteiger partial charge in [-0.05, 0) is 26.8 Å². The maximum atomic E-state index is 12.8. The van der Waals surface area contributed by atoms with Crippen molar-refractivity contribution in [2.45, 2.75) is 37.8 Å². The highest BCUT2D eigenvalue weighted by Gasteiger charge is 2.35. The van der Waals surface area contributed by atoms with E-state index in [1.54, 1.807) is 12.3 Å². The summed E-state index contributed by atoms with van der Waals surface area (Å²) in [6, 6.07) is 1.51. The number of sulfonamides is 1. The molecule has 0 saturated carbocycles. The molecule has 112 valence electrons. The quantitative estimate of drug-likeness (QED) is 0.907. The lowest BCUT2D eigenvalue weighted by molar-refractivity contribution is -0.0170. The largest absolute Gasteiger partial charge is 0.384 e. The van der Waals surface area contributed by atoms with E-state index in [9.17, 15) is 8.42 Å². The summed E-state index contributed by atoms with van der Waals surface area (Å²) in [5.41, 5.74) is 0.592. The number of pyridine rings is 1. The summed E-state index contributed by atoms with van der Waals surface area (Å²) in [6.45, 7) is 7.09. The molecule has 0 radical (unpaired) electrons. The average molecular weight is 299 g/mol. The van der Waals surface area contributed by atoms with Gasteiger partial charge in [0, 0.05) is 31.5 Å². The van der Waals surface area contributed by atoms with Gasteiger partial charge in [0.05, 0.1) is 18.4 Å². The van der Waals surface area contributed by atoms with Crippen LogP contribution in [0.2, 0.25) is 0 Å². The van der Waals surface area contributed by atoms with Gasteiger partial charge < -0.3 is 10.1 Å². The van der Waals surface area contributed by atoms with Crippen molar-refractivity contribution in [3.05, 3.63) is 18.5 Å². The van der Waals surface area contributed by atoms with Crippen LogP contribution < -0.4 is 5.32 Å². The molecular formula is C13H21N3O3S. The maximum absolute atomic E-state index is 12.8. The molecule has 0 aromatic carbocycles. The van der Waals surface area contributed by atoms with Crippen LogP contribution >= 0.6 is 0 Å². The standard InChI is InChI=1S/C13H21N3O3S/c1-4-15-12-5-6-14-7-13(12)20(17,18)16-8-11(3)19-9-10(16)2/h5-7,10-11H,4,8-9H2,1-3H3,(H,14,15). The monoisotopic (exact) mass is 299 g/mol. The molecule has 1 saturated heterocycles. The lowest BCUT2D eigenvalue weighted by Gasteiger charge is -2.35. The van der Waals surface area contributed by atoms with E-state index >= 15 is 0 Å². The first kappa shape index (κ1) is 15.2. The molecule has 2 atom stereocenters. The second-order valence-corrected chi connectivity index (χ2v) is 6.83. The van der Waals surface area contributed by atoms with Gasteiger partial charge >= 0.3 is 0 Å². The fourth-order valence-electron chi connectivity index (χ4n) is 2.26. The SMILES string of the molecule is CCNc1ccncc1S(=O)(=O)N1CC(C)OCC1C. The number of morpholine rings is 1. The van der Waals surface area contributed by atoms with Crippen molar-refractivity contribution < 1.29 is 13.2 Å². The summed E-state index contributed by atoms with van der Waals surface area (Å²) in [5, 5.41) is 3.07. The molecule has 2 unspecified atom stereocenters. The van der Waals surface area contributed by atoms with Crippen molar-refractivity contribution in [2.75, 3.05) is 25.0 Å². The van der Waals surface area contributed by atoms with Crippen LogP contribution in [0.1, 0.15) is 20.8 Å². The predicted molar refractivity (Wildman–Crippen MR) is 77.2 cm³/mol. The molecule has 2 rings (SSSR count). The number of rotatable bonds is 4. The van der Waals surface area contributed by atoms with E-state index in [1.165, 1.54) is 10.5 Å². The Morgan fingerprint density at radius 1 is 1.50 bits per heavy atom. The molecule has 0 bridgehead atoms. The average Bonchev–Trinajstić information content (AvgIpc) is 2.42. The Balaban J connectivity index is 2.39. The minimum absolute atomic E-state index is 0.0970. The Morgan fingerprint density at radius 3 is 2.95 bits per heavy atom. The van der Waals surface area contributed by atoms with Gasteiger partial charge in [0.25, 0.3) is 0 Å². The minimum atomic E-state index is -3.57. The summed E-state index contributed by atoms with van der Waals surface area (Å²) in [6.07, 6.45) is 2.89. The Kier molecular flexibility index (Phi) is 4.62. The third kappa shape index (κ3) is 2.94. The zero-order valence-corrected chi connectivity index (χ0v) is 12.9. The summed E-state index contributed by atoms with van der Waals surface area (Å²) < 4.78 is 32.6. The molecule has 6 nitrogen and oxygen atoms in total. The van der Waals surface area contributed by atoms with Crippen LogP contribution in [0.25, 0.3) is 0 Å². The molecule has 1 N–H and O–H groups in total. The van der Waals surface area contributed by atoms with Crippen LogP contribution in [-0.2, 0) is 14.8 Å². The minimum Gasteiger partial charge on any atom is -0.384 e. The maximum Gasteiger partial charge on any atom is 0.247 e. The molecule has 1 aliphatic rings. The third-order valence-electron chi connectivity index (χ3n) is 3.29. The lowest BCUT2D eigenvalue weighted by atomic mass is 10.2. The van der Waals surface area contributed by atoms with Gasteiger partial charge in [0.15, 0.2) is 0 Å². The summed E-state index contributed by atoms with van der Waals surface area (Å²) in [4.78, 5) is 4.18. The van der Waals surface area contributed by atoms with E-state index in [0.29, 0.717) is 25.4 Å². The van der Waals surface area contributed by atoms with Crippen LogP contribution in [0, 0.1) is 0 Å². The zero-order valence-electron chi connectivity index (χ0n) is 12.0. The third-order valence-corrected chi connectivity index (χ3v) is 5.30. The fourth-order valence-corrected chi connectivity index (χ4v) is 4.06. The van der Waals surface area contributed by atoms with E-state index in [-0.39, 0.29) is 17.0 Å². The Bertz CT molecular complexity index is 562. The molecule has 1 aromatic rings. The number of ether oxygens (including phenoxy) is 1. The number of nitrogens with one attached hydrogen (secondary N) is 1. The molecule has 0 amide bonds. The molecule has 20 heavy (non-hydrogen) atoms. The molecule has 1 aliphatic heterocycles. The molecule has 7 heteroatoms. The topological polar surface area (TPSA) is 71.5 Å². The highest BCUT2D eigenvalue weighted by atomic mass is 32.2. The molecule has 0 spiro atoms. The number of nitrogens with zero attached hydrogens (tertiary/aromatic N) is 2. The summed E-state index contributed by atoms with van der Waals surface area (Å²) >= 11 is 0. The van der Waals surface area contributed by atoms with Crippen molar-refractivity contribution in [3.8, 4) is 0 Å². The molecule has 2 heterocycles. The van der Waals surface area contributed by atoms with E-state index in [1.807, 2.05) is 20.8 Å². The van der Waals surface area contributed by atoms with Gasteiger partial charge in [-0.2, -0.15) is 4.31 Å². The second-order valence-electron chi connectivity index (χ2n) is 4.97. The Labute approximate surface area is 120 Å². The van der Waals surface area contributed by atoms with Crippen LogP contribution in [-0.4, -0.2) is 49.5 Å². The predicted octanol–water partition coefficient (Wildman–Crippen LogP) is 1.31. The van der Waals surface area contributed by atoms with Crippen LogP contribution in [0.3, 0.4) is 0 Å². The molecule has 1 fully saturated rings. The normalized spacial score (nSPS) is 24.6. The number of hydrogen-bond acceptors (Lipinski definition) is 5. The van der Waals surface area contributed by atoms with Gasteiger partial charge in [0.2, 0.25) is 10.0 Å². The lowest BCUT2D eigenvalue weighted by Crippen LogP contribution is -2.50. The van der Waals surface area contributed by atoms with Gasteiger partial charge in [-0.25, -0.2) is 8.42 Å². The molecular weight excluding hydrogens is 278 g/mol. The first-order valence-corrected chi connectivity index (χ1v) is 8.22. The van der Waals surface area contributed by atoms with Crippen LogP contribution in [0.5, 0.6) is 0 Å². The highest BCUT2D eigenvalue weighted by Crippen LogP contribution is 2.27. The van der Waals surface area contributed by atoms with Gasteiger partial charge in [-0.3, -0.25) is 4.98 Å². The van der Waals surface area contributed by atoms with Crippen LogP contribution in [0.4, 0.5) is 5.69 Å². The van der Waals surface area contributed by atoms with Crippen molar-refractivity contribution in [2.24, 2.45) is 0 Å². The van der Waals surface area contributed by atoms with E-state index in [2.05, 4.69) is 10.3 Å². The van der Waals surface area contributed by atoms with Crippen molar-refractivity contribution in [1.82, 2.24) is 9.29 Å². The number of aromatic nitrogens is 1. The smallest absolute Gasteiger partial charge is 0.247 e. The van der Waals surface area contributed by atoms with Crippen molar-refractivity contribution >= 4 is 15.7 Å². The summed E-state index contributed by atoms with van der Waals surface area (Å²) in [7, 11) is -3.57. The first-order valence-electron chi connectivity index (χ1n) is 6.78. The van der Waals surface area contributed by atoms with Gasteiger partial charge in [-0.1, -0.05) is 0 Å².